The first-order chi connectivity index (χ1) is 7.77. The molecule has 0 spiro atoms. The first-order valence-corrected chi connectivity index (χ1v) is 6.26. The van der Waals surface area contributed by atoms with Gasteiger partial charge in [0, 0.05) is 6.54 Å². The summed E-state index contributed by atoms with van der Waals surface area (Å²) in [7, 11) is 0. The summed E-state index contributed by atoms with van der Waals surface area (Å²) in [6, 6.07) is 5.24. The summed E-state index contributed by atoms with van der Waals surface area (Å²) < 4.78 is 13.5. The SMILES string of the molecule is Cc1cccc(F)c1NCC1CCCCC1. The van der Waals surface area contributed by atoms with E-state index in [4.69, 9.17) is 0 Å². The van der Waals surface area contributed by atoms with Crippen molar-refractivity contribution in [2.45, 2.75) is 39.0 Å². The molecular formula is C14H20FN. The summed E-state index contributed by atoms with van der Waals surface area (Å²) in [5.41, 5.74) is 1.68. The lowest BCUT2D eigenvalue weighted by molar-refractivity contribution is 0.373. The number of hydrogen-bond donors (Lipinski definition) is 1. The van der Waals surface area contributed by atoms with E-state index in [1.165, 1.54) is 38.2 Å². The van der Waals surface area contributed by atoms with Crippen molar-refractivity contribution in [3.05, 3.63) is 29.6 Å². The maximum Gasteiger partial charge on any atom is 0.146 e. The van der Waals surface area contributed by atoms with Crippen LogP contribution in [0.1, 0.15) is 37.7 Å². The number of halogens is 1. The maximum absolute atomic E-state index is 13.5. The van der Waals surface area contributed by atoms with Crippen LogP contribution >= 0.6 is 0 Å². The van der Waals surface area contributed by atoms with E-state index in [0.29, 0.717) is 5.69 Å². The number of para-hydroxylation sites is 1. The zero-order chi connectivity index (χ0) is 11.4. The fraction of sp³-hybridized carbons (Fsp3) is 0.571. The molecule has 16 heavy (non-hydrogen) atoms. The Morgan fingerprint density at radius 1 is 1.25 bits per heavy atom. The van der Waals surface area contributed by atoms with E-state index in [-0.39, 0.29) is 5.82 Å². The minimum absolute atomic E-state index is 0.129. The normalized spacial score (nSPS) is 17.4. The monoisotopic (exact) mass is 221 g/mol. The predicted molar refractivity (Wildman–Crippen MR) is 66.2 cm³/mol. The Labute approximate surface area is 97.1 Å². The molecule has 1 fully saturated rings. The maximum atomic E-state index is 13.5. The van der Waals surface area contributed by atoms with Crippen molar-refractivity contribution in [2.24, 2.45) is 5.92 Å². The van der Waals surface area contributed by atoms with Gasteiger partial charge in [-0.25, -0.2) is 4.39 Å². The van der Waals surface area contributed by atoms with E-state index in [9.17, 15) is 4.39 Å². The van der Waals surface area contributed by atoms with Crippen LogP contribution in [-0.2, 0) is 0 Å². The highest BCUT2D eigenvalue weighted by atomic mass is 19.1. The molecule has 1 aliphatic rings. The zero-order valence-electron chi connectivity index (χ0n) is 9.93. The molecule has 0 aromatic heterocycles. The Balaban J connectivity index is 1.93. The van der Waals surface area contributed by atoms with E-state index in [2.05, 4.69) is 5.32 Å². The van der Waals surface area contributed by atoms with Gasteiger partial charge in [0.05, 0.1) is 5.69 Å². The first-order valence-electron chi connectivity index (χ1n) is 6.26. The van der Waals surface area contributed by atoms with Gasteiger partial charge in [-0.15, -0.1) is 0 Å². The van der Waals surface area contributed by atoms with Gasteiger partial charge in [0.1, 0.15) is 5.82 Å². The van der Waals surface area contributed by atoms with Gasteiger partial charge in [-0.05, 0) is 37.3 Å². The van der Waals surface area contributed by atoms with Crippen LogP contribution in [0.4, 0.5) is 10.1 Å². The molecule has 0 unspecified atom stereocenters. The molecule has 1 aromatic rings. The molecule has 2 heteroatoms. The molecule has 1 aromatic carbocycles. The topological polar surface area (TPSA) is 12.0 Å². The lowest BCUT2D eigenvalue weighted by atomic mass is 9.89. The molecule has 0 aliphatic heterocycles. The standard InChI is InChI=1S/C14H20FN/c1-11-6-5-9-13(15)14(11)16-10-12-7-3-2-4-8-12/h5-6,9,12,16H,2-4,7-8,10H2,1H3. The molecule has 1 aliphatic carbocycles. The van der Waals surface area contributed by atoms with Crippen LogP contribution in [0.25, 0.3) is 0 Å². The molecule has 88 valence electrons. The van der Waals surface area contributed by atoms with E-state index < -0.39 is 0 Å². The van der Waals surface area contributed by atoms with E-state index in [0.717, 1.165) is 18.0 Å². The predicted octanol–water partition coefficient (Wildman–Crippen LogP) is 4.13. The quantitative estimate of drug-likeness (QED) is 0.809. The summed E-state index contributed by atoms with van der Waals surface area (Å²) in [6.45, 7) is 2.87. The third-order valence-electron chi connectivity index (χ3n) is 3.51. The number of rotatable bonds is 3. The van der Waals surface area contributed by atoms with Gasteiger partial charge in [0.15, 0.2) is 0 Å². The summed E-state index contributed by atoms with van der Waals surface area (Å²) in [4.78, 5) is 0. The van der Waals surface area contributed by atoms with Crippen molar-refractivity contribution < 1.29 is 4.39 Å². The molecule has 0 amide bonds. The summed E-state index contributed by atoms with van der Waals surface area (Å²) in [6.07, 6.45) is 6.63. The van der Waals surface area contributed by atoms with Crippen LogP contribution in [0, 0.1) is 18.7 Å². The lowest BCUT2D eigenvalue weighted by Crippen LogP contribution is -2.18. The minimum Gasteiger partial charge on any atom is -0.382 e. The second-order valence-corrected chi connectivity index (χ2v) is 4.82. The Kier molecular flexibility index (Phi) is 3.81. The number of anilines is 1. The zero-order valence-corrected chi connectivity index (χ0v) is 9.93. The summed E-state index contributed by atoms with van der Waals surface area (Å²) >= 11 is 0. The molecule has 0 radical (unpaired) electrons. The molecule has 1 N–H and O–H groups in total. The minimum atomic E-state index is -0.129. The molecule has 1 nitrogen and oxygen atoms in total. The van der Waals surface area contributed by atoms with Crippen LogP contribution < -0.4 is 5.32 Å². The van der Waals surface area contributed by atoms with E-state index in [1.54, 1.807) is 6.07 Å². The molecular weight excluding hydrogens is 201 g/mol. The number of aryl methyl sites for hydroxylation is 1. The molecule has 0 saturated heterocycles. The Hall–Kier alpha value is -1.05. The molecule has 0 atom stereocenters. The average molecular weight is 221 g/mol. The highest BCUT2D eigenvalue weighted by Crippen LogP contribution is 2.25. The smallest absolute Gasteiger partial charge is 0.146 e. The second kappa shape index (κ2) is 5.33. The van der Waals surface area contributed by atoms with Crippen molar-refractivity contribution in [1.82, 2.24) is 0 Å². The van der Waals surface area contributed by atoms with Crippen LogP contribution in [0.3, 0.4) is 0 Å². The van der Waals surface area contributed by atoms with E-state index >= 15 is 0 Å². The lowest BCUT2D eigenvalue weighted by Gasteiger charge is -2.22. The van der Waals surface area contributed by atoms with Crippen LogP contribution in [-0.4, -0.2) is 6.54 Å². The van der Waals surface area contributed by atoms with Gasteiger partial charge in [-0.3, -0.25) is 0 Å². The third-order valence-corrected chi connectivity index (χ3v) is 3.51. The average Bonchev–Trinajstić information content (AvgIpc) is 2.30. The van der Waals surface area contributed by atoms with Gasteiger partial charge >= 0.3 is 0 Å². The summed E-state index contributed by atoms with van der Waals surface area (Å²) in [5.74, 6) is 0.601. The van der Waals surface area contributed by atoms with Crippen molar-refractivity contribution in [1.29, 1.82) is 0 Å². The third kappa shape index (κ3) is 2.75. The fourth-order valence-corrected chi connectivity index (χ4v) is 2.49. The Morgan fingerprint density at radius 3 is 2.69 bits per heavy atom. The van der Waals surface area contributed by atoms with Crippen molar-refractivity contribution in [3.63, 3.8) is 0 Å². The van der Waals surface area contributed by atoms with Gasteiger partial charge in [-0.1, -0.05) is 31.4 Å². The van der Waals surface area contributed by atoms with E-state index in [1.807, 2.05) is 13.0 Å². The van der Waals surface area contributed by atoms with Gasteiger partial charge in [0.2, 0.25) is 0 Å². The number of benzene rings is 1. The Bertz CT molecular complexity index is 322. The Morgan fingerprint density at radius 2 is 2.00 bits per heavy atom. The molecule has 2 rings (SSSR count). The van der Waals surface area contributed by atoms with Gasteiger partial charge in [0.25, 0.3) is 0 Å². The molecule has 0 bridgehead atoms. The van der Waals surface area contributed by atoms with Crippen molar-refractivity contribution >= 4 is 5.69 Å². The van der Waals surface area contributed by atoms with Crippen molar-refractivity contribution in [2.75, 3.05) is 11.9 Å². The molecule has 1 saturated carbocycles. The van der Waals surface area contributed by atoms with Crippen LogP contribution in [0.2, 0.25) is 0 Å². The highest BCUT2D eigenvalue weighted by Gasteiger charge is 2.14. The highest BCUT2D eigenvalue weighted by molar-refractivity contribution is 5.51. The van der Waals surface area contributed by atoms with Crippen LogP contribution in [0.15, 0.2) is 18.2 Å². The van der Waals surface area contributed by atoms with Gasteiger partial charge in [-0.2, -0.15) is 0 Å². The number of nitrogens with one attached hydrogen (secondary N) is 1. The van der Waals surface area contributed by atoms with Crippen molar-refractivity contribution in [3.8, 4) is 0 Å². The second-order valence-electron chi connectivity index (χ2n) is 4.82. The van der Waals surface area contributed by atoms with Crippen LogP contribution in [0.5, 0.6) is 0 Å². The van der Waals surface area contributed by atoms with Gasteiger partial charge < -0.3 is 5.32 Å². The first kappa shape index (κ1) is 11.4. The molecule has 0 heterocycles. The largest absolute Gasteiger partial charge is 0.382 e. The number of hydrogen-bond acceptors (Lipinski definition) is 1. The fourth-order valence-electron chi connectivity index (χ4n) is 2.49. The summed E-state index contributed by atoms with van der Waals surface area (Å²) in [5, 5.41) is 3.28.